The zero-order chi connectivity index (χ0) is 19.6. The van der Waals surface area contributed by atoms with Gasteiger partial charge in [-0.25, -0.2) is 0 Å². The summed E-state index contributed by atoms with van der Waals surface area (Å²) in [4.78, 5) is 15.1. The van der Waals surface area contributed by atoms with E-state index in [1.807, 2.05) is 0 Å². The van der Waals surface area contributed by atoms with Crippen molar-refractivity contribution in [1.82, 2.24) is 4.98 Å². The van der Waals surface area contributed by atoms with Crippen LogP contribution in [0.1, 0.15) is 36.5 Å². The van der Waals surface area contributed by atoms with E-state index in [9.17, 15) is 23.1 Å². The normalized spacial score (nSPS) is 12.7. The molecule has 0 bridgehead atoms. The molecule has 26 heavy (non-hydrogen) atoms. The molecular weight excluding hydrogens is 371 g/mol. The van der Waals surface area contributed by atoms with Crippen molar-refractivity contribution < 1.29 is 27.8 Å². The van der Waals surface area contributed by atoms with E-state index in [4.69, 9.17) is 16.3 Å². The van der Waals surface area contributed by atoms with Gasteiger partial charge in [0.15, 0.2) is 0 Å². The van der Waals surface area contributed by atoms with Crippen LogP contribution < -0.4 is 4.74 Å². The molecule has 2 rings (SSSR count). The van der Waals surface area contributed by atoms with Crippen LogP contribution in [0.15, 0.2) is 24.5 Å². The molecule has 1 atom stereocenters. The highest BCUT2D eigenvalue weighted by Gasteiger charge is 2.32. The molecule has 0 aliphatic carbocycles. The monoisotopic (exact) mass is 387 g/mol. The van der Waals surface area contributed by atoms with Crippen LogP contribution in [0.5, 0.6) is 5.75 Å². The van der Waals surface area contributed by atoms with Crippen molar-refractivity contribution in [2.24, 2.45) is 0 Å². The molecule has 8 heteroatoms. The van der Waals surface area contributed by atoms with E-state index in [2.05, 4.69) is 4.98 Å². The van der Waals surface area contributed by atoms with Crippen molar-refractivity contribution in [2.75, 3.05) is 6.61 Å². The Kier molecular flexibility index (Phi) is 5.81. The first-order valence-corrected chi connectivity index (χ1v) is 8.16. The molecule has 0 fully saturated rings. The van der Waals surface area contributed by atoms with Crippen LogP contribution >= 0.6 is 11.6 Å². The van der Waals surface area contributed by atoms with E-state index in [1.165, 1.54) is 19.2 Å². The van der Waals surface area contributed by atoms with Gasteiger partial charge < -0.3 is 9.84 Å². The summed E-state index contributed by atoms with van der Waals surface area (Å²) < 4.78 is 44.8. The smallest absolute Gasteiger partial charge is 0.417 e. The highest BCUT2D eigenvalue weighted by atomic mass is 35.5. The third kappa shape index (κ3) is 3.93. The average molecular weight is 388 g/mol. The summed E-state index contributed by atoms with van der Waals surface area (Å²) in [6.45, 7) is 5.00. The maximum absolute atomic E-state index is 13.1. The summed E-state index contributed by atoms with van der Waals surface area (Å²) >= 11 is 6.23. The van der Waals surface area contributed by atoms with E-state index in [0.29, 0.717) is 16.7 Å². The first kappa shape index (κ1) is 20.0. The summed E-state index contributed by atoms with van der Waals surface area (Å²) in [5.41, 5.74) is 0.327. The number of ether oxygens (including phenoxy) is 1. The minimum Gasteiger partial charge on any atom is -0.493 e. The lowest BCUT2D eigenvalue weighted by Gasteiger charge is -2.21. The van der Waals surface area contributed by atoms with Gasteiger partial charge in [0, 0.05) is 34.1 Å². The van der Waals surface area contributed by atoms with Crippen molar-refractivity contribution in [1.29, 1.82) is 0 Å². The van der Waals surface area contributed by atoms with Gasteiger partial charge in [0.05, 0.1) is 18.1 Å². The third-order valence-electron chi connectivity index (χ3n) is 3.98. The Labute approximate surface area is 153 Å². The van der Waals surface area contributed by atoms with Gasteiger partial charge in [-0.05, 0) is 38.5 Å². The molecule has 0 aliphatic heterocycles. The standard InChI is InChI=1S/C18H17ClF3NO3/c1-4-26-16-13(9(2)17(24)25)6-14(19)10(3)15(16)11-5-12(8-23-7-11)18(20,21)22/h5-9H,4H2,1-3H3,(H,24,25). The number of hydrogen-bond donors (Lipinski definition) is 1. The lowest BCUT2D eigenvalue weighted by atomic mass is 9.91. The van der Waals surface area contributed by atoms with Crippen molar-refractivity contribution in [3.63, 3.8) is 0 Å². The van der Waals surface area contributed by atoms with Crippen molar-refractivity contribution in [3.8, 4) is 16.9 Å². The second kappa shape index (κ2) is 7.53. The van der Waals surface area contributed by atoms with Crippen LogP contribution in [0.3, 0.4) is 0 Å². The van der Waals surface area contributed by atoms with E-state index >= 15 is 0 Å². The number of carboxylic acid groups (broad SMARTS) is 1. The minimum atomic E-state index is -4.56. The quantitative estimate of drug-likeness (QED) is 0.754. The maximum Gasteiger partial charge on any atom is 0.417 e. The van der Waals surface area contributed by atoms with Crippen LogP contribution in [0, 0.1) is 6.92 Å². The average Bonchev–Trinajstić information content (AvgIpc) is 2.57. The number of carboxylic acids is 1. The number of hydrogen-bond acceptors (Lipinski definition) is 3. The second-order valence-corrected chi connectivity index (χ2v) is 6.14. The topological polar surface area (TPSA) is 59.4 Å². The van der Waals surface area contributed by atoms with Crippen LogP contribution in [0.2, 0.25) is 5.02 Å². The minimum absolute atomic E-state index is 0.155. The second-order valence-electron chi connectivity index (χ2n) is 5.73. The van der Waals surface area contributed by atoms with Gasteiger partial charge in [-0.1, -0.05) is 11.6 Å². The Morgan fingerprint density at radius 1 is 1.35 bits per heavy atom. The highest BCUT2D eigenvalue weighted by molar-refractivity contribution is 6.32. The molecule has 0 amide bonds. The molecule has 1 heterocycles. The molecule has 0 radical (unpaired) electrons. The van der Waals surface area contributed by atoms with E-state index in [0.717, 1.165) is 12.3 Å². The maximum atomic E-state index is 13.1. The number of carbonyl (C=O) groups is 1. The number of aromatic nitrogens is 1. The zero-order valence-corrected chi connectivity index (χ0v) is 15.1. The predicted molar refractivity (Wildman–Crippen MR) is 91.6 cm³/mol. The molecule has 1 aromatic heterocycles. The summed E-state index contributed by atoms with van der Waals surface area (Å²) in [6.07, 6.45) is -2.56. The van der Waals surface area contributed by atoms with Crippen LogP contribution in [0.25, 0.3) is 11.1 Å². The zero-order valence-electron chi connectivity index (χ0n) is 14.3. The van der Waals surface area contributed by atoms with Gasteiger partial charge in [-0.3, -0.25) is 9.78 Å². The molecule has 140 valence electrons. The van der Waals surface area contributed by atoms with Gasteiger partial charge in [0.2, 0.25) is 0 Å². The van der Waals surface area contributed by atoms with Gasteiger partial charge in [-0.15, -0.1) is 0 Å². The fraction of sp³-hybridized carbons (Fsp3) is 0.333. The van der Waals surface area contributed by atoms with Crippen LogP contribution in [-0.4, -0.2) is 22.7 Å². The molecule has 0 aliphatic rings. The summed E-state index contributed by atoms with van der Waals surface area (Å²) in [7, 11) is 0. The number of pyridine rings is 1. The number of nitrogens with zero attached hydrogens (tertiary/aromatic N) is 1. The van der Waals surface area contributed by atoms with Crippen LogP contribution in [-0.2, 0) is 11.0 Å². The lowest BCUT2D eigenvalue weighted by Crippen LogP contribution is -2.11. The largest absolute Gasteiger partial charge is 0.493 e. The van der Waals surface area contributed by atoms with Crippen molar-refractivity contribution >= 4 is 17.6 Å². The van der Waals surface area contributed by atoms with E-state index < -0.39 is 23.6 Å². The fourth-order valence-electron chi connectivity index (χ4n) is 2.58. The number of halogens is 4. The lowest BCUT2D eigenvalue weighted by molar-refractivity contribution is -0.139. The Hall–Kier alpha value is -2.28. The van der Waals surface area contributed by atoms with Crippen molar-refractivity contribution in [3.05, 3.63) is 46.2 Å². The molecule has 0 saturated carbocycles. The third-order valence-corrected chi connectivity index (χ3v) is 4.38. The SMILES string of the molecule is CCOc1c(C(C)C(=O)O)cc(Cl)c(C)c1-c1cncc(C(F)(F)F)c1. The first-order chi connectivity index (χ1) is 12.1. The molecule has 0 spiro atoms. The highest BCUT2D eigenvalue weighted by Crippen LogP contribution is 2.43. The predicted octanol–water partition coefficient (Wildman–Crippen LogP) is 5.32. The van der Waals surface area contributed by atoms with E-state index in [1.54, 1.807) is 13.8 Å². The molecule has 1 N–H and O–H groups in total. The Morgan fingerprint density at radius 2 is 2.00 bits per heavy atom. The Morgan fingerprint density at radius 3 is 2.54 bits per heavy atom. The molecular formula is C18H17ClF3NO3. The van der Waals surface area contributed by atoms with Gasteiger partial charge in [0.25, 0.3) is 0 Å². The molecule has 0 saturated heterocycles. The van der Waals surface area contributed by atoms with Gasteiger partial charge >= 0.3 is 12.1 Å². The molecule has 4 nitrogen and oxygen atoms in total. The van der Waals surface area contributed by atoms with Gasteiger partial charge in [-0.2, -0.15) is 13.2 Å². The Balaban J connectivity index is 2.81. The Bertz CT molecular complexity index is 837. The number of alkyl halides is 3. The fourth-order valence-corrected chi connectivity index (χ4v) is 2.79. The summed E-state index contributed by atoms with van der Waals surface area (Å²) in [6, 6.07) is 2.43. The van der Waals surface area contributed by atoms with Crippen molar-refractivity contribution in [2.45, 2.75) is 32.9 Å². The number of benzene rings is 1. The summed E-state index contributed by atoms with van der Waals surface area (Å²) in [5, 5.41) is 9.58. The molecule has 1 unspecified atom stereocenters. The number of aliphatic carboxylic acids is 1. The van der Waals surface area contributed by atoms with E-state index in [-0.39, 0.29) is 22.9 Å². The van der Waals surface area contributed by atoms with Crippen LogP contribution in [0.4, 0.5) is 13.2 Å². The first-order valence-electron chi connectivity index (χ1n) is 7.79. The molecule has 2 aromatic rings. The number of rotatable bonds is 5. The molecule has 1 aromatic carbocycles. The summed E-state index contributed by atoms with van der Waals surface area (Å²) in [5.74, 6) is -1.85. The van der Waals surface area contributed by atoms with Gasteiger partial charge in [0.1, 0.15) is 5.75 Å².